The number of amides is 4. The molecule has 0 fully saturated rings. The van der Waals surface area contributed by atoms with Crippen LogP contribution in [0.4, 0.5) is 15.1 Å². The molecule has 1 aromatic heterocycles. The monoisotopic (exact) mass is 728 g/mol. The maximum atomic E-state index is 14.6. The highest BCUT2D eigenvalue weighted by molar-refractivity contribution is 8.00. The van der Waals surface area contributed by atoms with Crippen molar-refractivity contribution in [2.75, 3.05) is 23.8 Å². The van der Waals surface area contributed by atoms with Gasteiger partial charge in [-0.05, 0) is 67.8 Å². The van der Waals surface area contributed by atoms with Crippen LogP contribution in [0.2, 0.25) is 0 Å². The number of anilines is 2. The number of nitrogens with zero attached hydrogens (tertiary/aromatic N) is 1. The smallest absolute Gasteiger partial charge is 0.341 e. The molecule has 3 N–H and O–H groups in total. The van der Waals surface area contributed by atoms with Crippen molar-refractivity contribution in [3.05, 3.63) is 118 Å². The summed E-state index contributed by atoms with van der Waals surface area (Å²) in [5.41, 5.74) is 1.78. The molecule has 51 heavy (non-hydrogen) atoms. The van der Waals surface area contributed by atoms with Crippen LogP contribution >= 0.6 is 23.1 Å². The van der Waals surface area contributed by atoms with E-state index in [2.05, 4.69) is 16.0 Å². The zero-order chi connectivity index (χ0) is 36.5. The molecule has 4 amide bonds. The van der Waals surface area contributed by atoms with Gasteiger partial charge in [0, 0.05) is 40.1 Å². The highest BCUT2D eigenvalue weighted by atomic mass is 32.2. The SMILES string of the molecule is CCOC(=O)c1c(NC(=O)C(CC)Sc2cccc(NC(=O)/C(=C/c3ccccc3F)NC(=O)c3ccccc3)c2)sc2c1CCN(C(C)=O)C2. The zero-order valence-electron chi connectivity index (χ0n) is 28.3. The molecule has 0 bridgehead atoms. The van der Waals surface area contributed by atoms with Gasteiger partial charge in [0.15, 0.2) is 0 Å². The van der Waals surface area contributed by atoms with Crippen LogP contribution in [0.25, 0.3) is 6.08 Å². The predicted molar refractivity (Wildman–Crippen MR) is 197 cm³/mol. The molecule has 1 atom stereocenters. The number of carbonyl (C=O) groups is 5. The van der Waals surface area contributed by atoms with Crippen LogP contribution in [-0.2, 0) is 32.1 Å². The van der Waals surface area contributed by atoms with Crippen LogP contribution in [-0.4, -0.2) is 52.9 Å². The van der Waals surface area contributed by atoms with E-state index in [0.29, 0.717) is 52.6 Å². The Kier molecular flexibility index (Phi) is 12.4. The number of benzene rings is 3. The van der Waals surface area contributed by atoms with E-state index in [-0.39, 0.29) is 29.7 Å². The fraction of sp³-hybridized carbons (Fsp3) is 0.237. The molecule has 13 heteroatoms. The van der Waals surface area contributed by atoms with Crippen LogP contribution in [0, 0.1) is 5.82 Å². The van der Waals surface area contributed by atoms with Crippen molar-refractivity contribution in [2.45, 2.75) is 50.3 Å². The van der Waals surface area contributed by atoms with Crippen LogP contribution in [0.15, 0.2) is 89.5 Å². The second-order valence-electron chi connectivity index (χ2n) is 11.5. The van der Waals surface area contributed by atoms with E-state index in [0.717, 1.165) is 10.4 Å². The molecule has 1 aliphatic rings. The Labute approximate surface area is 303 Å². The lowest BCUT2D eigenvalue weighted by molar-refractivity contribution is -0.129. The van der Waals surface area contributed by atoms with Crippen LogP contribution in [0.1, 0.15) is 63.9 Å². The topological polar surface area (TPSA) is 134 Å². The number of carbonyl (C=O) groups excluding carboxylic acids is 5. The largest absolute Gasteiger partial charge is 0.462 e. The van der Waals surface area contributed by atoms with Crippen molar-refractivity contribution in [3.63, 3.8) is 0 Å². The lowest BCUT2D eigenvalue weighted by Gasteiger charge is -2.25. The van der Waals surface area contributed by atoms with E-state index < -0.39 is 28.9 Å². The van der Waals surface area contributed by atoms with Gasteiger partial charge in [0.1, 0.15) is 16.5 Å². The fourth-order valence-corrected chi connectivity index (χ4v) is 7.66. The van der Waals surface area contributed by atoms with Crippen LogP contribution < -0.4 is 16.0 Å². The standard InChI is InChI=1S/C38H37FN4O6S2/c1-4-31(36(47)42-37-33(38(48)49-5-2)28-18-19-43(23(3)44)22-32(28)51-37)50-27-16-11-15-26(21-27)40-35(46)30(20-25-14-9-10-17-29(25)39)41-34(45)24-12-7-6-8-13-24/h6-17,20-21,31H,4-5,18-19,22H2,1-3H3,(H,40,46)(H,41,45)(H,42,47)/b30-20-. The van der Waals surface area contributed by atoms with Gasteiger partial charge >= 0.3 is 5.97 Å². The Morgan fingerprint density at radius 3 is 2.43 bits per heavy atom. The minimum atomic E-state index is -0.675. The number of rotatable bonds is 12. The minimum absolute atomic E-state index is 0.0625. The molecule has 2 heterocycles. The van der Waals surface area contributed by atoms with Gasteiger partial charge in [-0.1, -0.05) is 49.4 Å². The third kappa shape index (κ3) is 9.30. The summed E-state index contributed by atoms with van der Waals surface area (Å²) in [6.45, 7) is 6.09. The number of nitrogens with one attached hydrogen (secondary N) is 3. The molecule has 1 unspecified atom stereocenters. The summed E-state index contributed by atoms with van der Waals surface area (Å²) >= 11 is 2.55. The molecule has 0 radical (unpaired) electrons. The van der Waals surface area contributed by atoms with Gasteiger partial charge in [0.2, 0.25) is 11.8 Å². The Morgan fingerprint density at radius 2 is 1.73 bits per heavy atom. The van der Waals surface area contributed by atoms with Crippen molar-refractivity contribution >= 4 is 69.5 Å². The molecular formula is C38H37FN4O6S2. The Bertz CT molecular complexity index is 1980. The normalized spacial score (nSPS) is 13.1. The highest BCUT2D eigenvalue weighted by Gasteiger charge is 2.31. The maximum Gasteiger partial charge on any atom is 0.341 e. The maximum absolute atomic E-state index is 14.6. The second-order valence-corrected chi connectivity index (χ2v) is 13.9. The number of esters is 1. The van der Waals surface area contributed by atoms with Gasteiger partial charge in [0.25, 0.3) is 11.8 Å². The minimum Gasteiger partial charge on any atom is -0.462 e. The molecule has 0 aliphatic carbocycles. The quantitative estimate of drug-likeness (QED) is 0.0822. The molecule has 5 rings (SSSR count). The number of fused-ring (bicyclic) bond motifs is 1. The van der Waals surface area contributed by atoms with Gasteiger partial charge < -0.3 is 25.6 Å². The average molecular weight is 729 g/mol. The summed E-state index contributed by atoms with van der Waals surface area (Å²) < 4.78 is 19.9. The van der Waals surface area contributed by atoms with Crippen molar-refractivity contribution in [3.8, 4) is 0 Å². The Morgan fingerprint density at radius 1 is 0.980 bits per heavy atom. The summed E-state index contributed by atoms with van der Waals surface area (Å²) in [5, 5.41) is 8.15. The molecule has 0 spiro atoms. The van der Waals surface area contributed by atoms with Gasteiger partial charge in [-0.2, -0.15) is 0 Å². The van der Waals surface area contributed by atoms with Gasteiger partial charge in [-0.25, -0.2) is 9.18 Å². The second kappa shape index (κ2) is 17.1. The molecular weight excluding hydrogens is 692 g/mol. The summed E-state index contributed by atoms with van der Waals surface area (Å²) in [5.74, 6) is -2.67. The average Bonchev–Trinajstić information content (AvgIpc) is 3.48. The summed E-state index contributed by atoms with van der Waals surface area (Å²) in [6.07, 6.45) is 2.20. The molecule has 1 aliphatic heterocycles. The number of hydrogen-bond acceptors (Lipinski definition) is 8. The molecule has 4 aromatic rings. The lowest BCUT2D eigenvalue weighted by Crippen LogP contribution is -2.34. The molecule has 264 valence electrons. The van der Waals surface area contributed by atoms with E-state index in [9.17, 15) is 28.4 Å². The Hall–Kier alpha value is -5.27. The first-order valence-electron chi connectivity index (χ1n) is 16.4. The Balaban J connectivity index is 1.33. The summed E-state index contributed by atoms with van der Waals surface area (Å²) in [4.78, 5) is 68.4. The molecule has 3 aromatic carbocycles. The number of halogens is 1. The third-order valence-electron chi connectivity index (χ3n) is 7.99. The van der Waals surface area contributed by atoms with Gasteiger partial charge in [0.05, 0.1) is 24.0 Å². The van der Waals surface area contributed by atoms with E-state index in [1.807, 2.05) is 6.92 Å². The number of hydrogen-bond donors (Lipinski definition) is 3. The van der Waals surface area contributed by atoms with E-state index in [1.165, 1.54) is 54.3 Å². The zero-order valence-corrected chi connectivity index (χ0v) is 29.9. The van der Waals surface area contributed by atoms with Crippen molar-refractivity contribution in [2.24, 2.45) is 0 Å². The molecule has 0 saturated carbocycles. The predicted octanol–water partition coefficient (Wildman–Crippen LogP) is 6.89. The first-order chi connectivity index (χ1) is 24.6. The van der Waals surface area contributed by atoms with E-state index in [4.69, 9.17) is 4.74 Å². The van der Waals surface area contributed by atoms with E-state index in [1.54, 1.807) is 72.5 Å². The first kappa shape index (κ1) is 37.0. The summed E-state index contributed by atoms with van der Waals surface area (Å²) in [6, 6.07) is 21.1. The van der Waals surface area contributed by atoms with Crippen molar-refractivity contribution in [1.82, 2.24) is 10.2 Å². The van der Waals surface area contributed by atoms with E-state index >= 15 is 0 Å². The van der Waals surface area contributed by atoms with Gasteiger partial charge in [-0.15, -0.1) is 23.1 Å². The molecule has 10 nitrogen and oxygen atoms in total. The van der Waals surface area contributed by atoms with Crippen molar-refractivity contribution < 1.29 is 33.1 Å². The van der Waals surface area contributed by atoms with Crippen LogP contribution in [0.3, 0.4) is 0 Å². The van der Waals surface area contributed by atoms with Gasteiger partial charge in [-0.3, -0.25) is 19.2 Å². The number of ether oxygens (including phenoxy) is 1. The number of thiophene rings is 1. The third-order valence-corrected chi connectivity index (χ3v) is 10.5. The van der Waals surface area contributed by atoms with Crippen molar-refractivity contribution in [1.29, 1.82) is 0 Å². The summed E-state index contributed by atoms with van der Waals surface area (Å²) in [7, 11) is 0. The van der Waals surface area contributed by atoms with Crippen LogP contribution in [0.5, 0.6) is 0 Å². The fourth-order valence-electron chi connectivity index (χ4n) is 5.39. The number of thioether (sulfide) groups is 1. The lowest BCUT2D eigenvalue weighted by atomic mass is 10.0. The first-order valence-corrected chi connectivity index (χ1v) is 18.1. The molecule has 0 saturated heterocycles. The highest BCUT2D eigenvalue weighted by Crippen LogP contribution is 2.39.